The van der Waals surface area contributed by atoms with E-state index in [1.54, 1.807) is 0 Å². The van der Waals surface area contributed by atoms with Crippen LogP contribution in [0.4, 0.5) is 5.95 Å². The number of hydrogen-bond donors (Lipinski definition) is 0. The molecule has 0 unspecified atom stereocenters. The molecule has 2 aliphatic rings. The molecule has 0 aliphatic carbocycles. The summed E-state index contributed by atoms with van der Waals surface area (Å²) in [7, 11) is 0. The van der Waals surface area contributed by atoms with Gasteiger partial charge in [0.15, 0.2) is 0 Å². The topological polar surface area (TPSA) is 41.5 Å². The van der Waals surface area contributed by atoms with Crippen LogP contribution in [0.15, 0.2) is 12.4 Å². The molecule has 0 aromatic carbocycles. The molecule has 1 aromatic rings. The van der Waals surface area contributed by atoms with Crippen LogP contribution in [0, 0.1) is 0 Å². The summed E-state index contributed by atoms with van der Waals surface area (Å²) in [5, 5.41) is 0. The lowest BCUT2D eigenvalue weighted by Crippen LogP contribution is -2.40. The molecule has 5 nitrogen and oxygen atoms in total. The highest BCUT2D eigenvalue weighted by Gasteiger charge is 2.24. The maximum absolute atomic E-state index is 6.02. The first-order valence-corrected chi connectivity index (χ1v) is 8.25. The van der Waals surface area contributed by atoms with Gasteiger partial charge in [-0.3, -0.25) is 0 Å². The van der Waals surface area contributed by atoms with Gasteiger partial charge in [0.2, 0.25) is 5.95 Å². The molecule has 0 N–H and O–H groups in total. The summed E-state index contributed by atoms with van der Waals surface area (Å²) in [5.41, 5.74) is 1.19. The number of nitrogens with zero attached hydrogens (tertiary/aromatic N) is 4. The molecule has 0 bridgehead atoms. The lowest BCUT2D eigenvalue weighted by Gasteiger charge is -2.27. The van der Waals surface area contributed by atoms with Gasteiger partial charge in [0, 0.05) is 38.6 Å². The minimum absolute atomic E-state index is 0.278. The molecule has 1 aromatic heterocycles. The lowest BCUT2D eigenvalue weighted by atomic mass is 10.3. The molecule has 3 heterocycles. The first kappa shape index (κ1) is 14.7. The second kappa shape index (κ2) is 7.18. The summed E-state index contributed by atoms with van der Waals surface area (Å²) >= 11 is 0. The Morgan fingerprint density at radius 1 is 1.14 bits per heavy atom. The van der Waals surface area contributed by atoms with Gasteiger partial charge in [0.05, 0.1) is 6.10 Å². The quantitative estimate of drug-likeness (QED) is 0.845. The third-order valence-corrected chi connectivity index (χ3v) is 4.39. The van der Waals surface area contributed by atoms with Crippen LogP contribution in [-0.4, -0.2) is 60.3 Å². The van der Waals surface area contributed by atoms with Crippen molar-refractivity contribution in [2.45, 2.75) is 38.7 Å². The van der Waals surface area contributed by atoms with Gasteiger partial charge in [-0.05, 0) is 44.3 Å². The van der Waals surface area contributed by atoms with Crippen LogP contribution >= 0.6 is 0 Å². The van der Waals surface area contributed by atoms with Crippen molar-refractivity contribution in [1.82, 2.24) is 14.9 Å². The number of hydrogen-bond acceptors (Lipinski definition) is 5. The Hall–Kier alpha value is -1.20. The number of anilines is 1. The molecule has 0 amide bonds. The number of rotatable bonds is 4. The van der Waals surface area contributed by atoms with E-state index in [1.807, 2.05) is 12.4 Å². The highest BCUT2D eigenvalue weighted by atomic mass is 16.5. The Labute approximate surface area is 127 Å². The van der Waals surface area contributed by atoms with Crippen LogP contribution in [0.3, 0.4) is 0 Å². The van der Waals surface area contributed by atoms with E-state index in [1.165, 1.54) is 31.5 Å². The minimum Gasteiger partial charge on any atom is -0.375 e. The number of ether oxygens (including phenoxy) is 1. The first-order valence-electron chi connectivity index (χ1n) is 8.25. The zero-order valence-corrected chi connectivity index (χ0v) is 13.0. The first-order chi connectivity index (χ1) is 10.3. The molecular weight excluding hydrogens is 264 g/mol. The van der Waals surface area contributed by atoms with Gasteiger partial charge >= 0.3 is 0 Å². The molecule has 116 valence electrons. The summed E-state index contributed by atoms with van der Waals surface area (Å²) in [6.07, 6.45) is 8.87. The third-order valence-electron chi connectivity index (χ3n) is 4.39. The van der Waals surface area contributed by atoms with Gasteiger partial charge in [-0.15, -0.1) is 0 Å². The van der Waals surface area contributed by atoms with Gasteiger partial charge < -0.3 is 14.5 Å². The minimum atomic E-state index is 0.278. The fourth-order valence-electron chi connectivity index (χ4n) is 3.13. The van der Waals surface area contributed by atoms with E-state index in [0.717, 1.165) is 45.0 Å². The van der Waals surface area contributed by atoms with Crippen molar-refractivity contribution in [2.75, 3.05) is 44.2 Å². The van der Waals surface area contributed by atoms with E-state index in [4.69, 9.17) is 4.74 Å². The molecule has 0 spiro atoms. The normalized spacial score (nSPS) is 24.2. The van der Waals surface area contributed by atoms with Crippen LogP contribution in [0.2, 0.25) is 0 Å². The molecule has 21 heavy (non-hydrogen) atoms. The van der Waals surface area contributed by atoms with Crippen LogP contribution in [0.5, 0.6) is 0 Å². The van der Waals surface area contributed by atoms with E-state index in [-0.39, 0.29) is 6.10 Å². The van der Waals surface area contributed by atoms with Crippen molar-refractivity contribution in [3.63, 3.8) is 0 Å². The molecular formula is C16H26N4O. The van der Waals surface area contributed by atoms with E-state index >= 15 is 0 Å². The van der Waals surface area contributed by atoms with Crippen molar-refractivity contribution in [2.24, 2.45) is 0 Å². The average Bonchev–Trinajstić information content (AvgIpc) is 2.92. The summed E-state index contributed by atoms with van der Waals surface area (Å²) in [6.45, 7) is 8.36. The smallest absolute Gasteiger partial charge is 0.225 e. The molecule has 2 saturated heterocycles. The number of likely N-dealkylation sites (tertiary alicyclic amines) is 1. The fraction of sp³-hybridized carbons (Fsp3) is 0.750. The van der Waals surface area contributed by atoms with E-state index in [2.05, 4.69) is 26.7 Å². The van der Waals surface area contributed by atoms with E-state index < -0.39 is 0 Å². The predicted molar refractivity (Wildman–Crippen MR) is 83.7 cm³/mol. The Kier molecular flexibility index (Phi) is 5.04. The van der Waals surface area contributed by atoms with Gasteiger partial charge in [0.25, 0.3) is 0 Å². The highest BCUT2D eigenvalue weighted by molar-refractivity contribution is 5.30. The predicted octanol–water partition coefficient (Wildman–Crippen LogP) is 1.73. The van der Waals surface area contributed by atoms with Crippen LogP contribution in [0.25, 0.3) is 0 Å². The number of aromatic nitrogens is 2. The molecule has 5 heteroatoms. The summed E-state index contributed by atoms with van der Waals surface area (Å²) in [4.78, 5) is 13.9. The molecule has 0 saturated carbocycles. The highest BCUT2D eigenvalue weighted by Crippen LogP contribution is 2.16. The Balaban J connectivity index is 1.63. The summed E-state index contributed by atoms with van der Waals surface area (Å²) < 4.78 is 6.02. The fourth-order valence-corrected chi connectivity index (χ4v) is 3.13. The van der Waals surface area contributed by atoms with Gasteiger partial charge in [-0.2, -0.15) is 0 Å². The third kappa shape index (κ3) is 3.92. The molecule has 2 aliphatic heterocycles. The van der Waals surface area contributed by atoms with Crippen molar-refractivity contribution in [1.29, 1.82) is 0 Å². The summed E-state index contributed by atoms with van der Waals surface area (Å²) in [5.74, 6) is 0.851. The van der Waals surface area contributed by atoms with Gasteiger partial charge in [0.1, 0.15) is 0 Å². The SMILES string of the molecule is CCc1cnc(N2CCCO[C@H](CN3CCCC3)C2)nc1. The zero-order chi connectivity index (χ0) is 14.5. The second-order valence-corrected chi connectivity index (χ2v) is 6.04. The zero-order valence-electron chi connectivity index (χ0n) is 13.0. The monoisotopic (exact) mass is 290 g/mol. The molecule has 0 radical (unpaired) electrons. The maximum atomic E-state index is 6.02. The van der Waals surface area contributed by atoms with Crippen molar-refractivity contribution in [3.8, 4) is 0 Å². The largest absolute Gasteiger partial charge is 0.375 e. The molecule has 3 rings (SSSR count). The number of aryl methyl sites for hydroxylation is 1. The Morgan fingerprint density at radius 2 is 1.90 bits per heavy atom. The maximum Gasteiger partial charge on any atom is 0.225 e. The van der Waals surface area contributed by atoms with Crippen molar-refractivity contribution in [3.05, 3.63) is 18.0 Å². The molecule has 2 fully saturated rings. The van der Waals surface area contributed by atoms with Crippen LogP contribution in [0.1, 0.15) is 31.7 Å². The lowest BCUT2D eigenvalue weighted by molar-refractivity contribution is 0.0450. The van der Waals surface area contributed by atoms with Crippen LogP contribution < -0.4 is 4.90 Å². The van der Waals surface area contributed by atoms with Gasteiger partial charge in [-0.1, -0.05) is 6.92 Å². The van der Waals surface area contributed by atoms with Gasteiger partial charge in [-0.25, -0.2) is 9.97 Å². The Bertz CT molecular complexity index is 430. The second-order valence-electron chi connectivity index (χ2n) is 6.04. The molecule has 1 atom stereocenters. The van der Waals surface area contributed by atoms with E-state index in [0.29, 0.717) is 0 Å². The summed E-state index contributed by atoms with van der Waals surface area (Å²) in [6, 6.07) is 0. The average molecular weight is 290 g/mol. The van der Waals surface area contributed by atoms with Crippen LogP contribution in [-0.2, 0) is 11.2 Å². The van der Waals surface area contributed by atoms with Crippen molar-refractivity contribution < 1.29 is 4.74 Å². The van der Waals surface area contributed by atoms with Crippen molar-refractivity contribution >= 4 is 5.95 Å². The standard InChI is InChI=1S/C16H26N4O/c1-2-14-10-17-16(18-11-14)20-8-5-9-21-15(13-20)12-19-6-3-4-7-19/h10-11,15H,2-9,12-13H2,1H3/t15-/m1/s1. The van der Waals surface area contributed by atoms with E-state index in [9.17, 15) is 0 Å². The Morgan fingerprint density at radius 3 is 2.62 bits per heavy atom.